The predicted molar refractivity (Wildman–Crippen MR) is 96.6 cm³/mol. The fourth-order valence-corrected chi connectivity index (χ4v) is 2.48. The van der Waals surface area contributed by atoms with E-state index in [1.165, 1.54) is 0 Å². The van der Waals surface area contributed by atoms with Crippen LogP contribution in [0.4, 0.5) is 0 Å². The molecule has 6 nitrogen and oxygen atoms in total. The van der Waals surface area contributed by atoms with Gasteiger partial charge in [0, 0.05) is 31.5 Å². The molecule has 1 amide bonds. The second-order valence-electron chi connectivity index (χ2n) is 5.47. The lowest BCUT2D eigenvalue weighted by Crippen LogP contribution is -2.32. The van der Waals surface area contributed by atoms with E-state index in [1.807, 2.05) is 48.9 Å². The highest BCUT2D eigenvalue weighted by atomic mass is 35.5. The Balaban J connectivity index is 0.00000288. The maximum atomic E-state index is 12.0. The molecule has 1 aromatic carbocycles. The highest BCUT2D eigenvalue weighted by Gasteiger charge is 2.15. The van der Waals surface area contributed by atoms with Crippen LogP contribution in [0.2, 0.25) is 0 Å². The standard InChI is InChI=1S/C17H24N4O2.ClH/c1-12-16(11-19-17(22)9-15(10-18)23-3)13(2)21(20-12)14-7-5-4-6-8-14;/h4-8,15H,9-11,18H2,1-3H3,(H,19,22);1H. The van der Waals surface area contributed by atoms with Crippen LogP contribution in [0, 0.1) is 13.8 Å². The van der Waals surface area contributed by atoms with Crippen LogP contribution < -0.4 is 11.1 Å². The number of hydrogen-bond donors (Lipinski definition) is 2. The number of benzene rings is 1. The Morgan fingerprint density at radius 2 is 2.00 bits per heavy atom. The maximum Gasteiger partial charge on any atom is 0.222 e. The zero-order valence-corrected chi connectivity index (χ0v) is 15.1. The zero-order valence-electron chi connectivity index (χ0n) is 14.3. The largest absolute Gasteiger partial charge is 0.380 e. The van der Waals surface area contributed by atoms with Crippen molar-refractivity contribution in [1.82, 2.24) is 15.1 Å². The molecule has 0 bridgehead atoms. The van der Waals surface area contributed by atoms with Gasteiger partial charge >= 0.3 is 0 Å². The molecule has 0 saturated heterocycles. The third kappa shape index (κ3) is 4.80. The lowest BCUT2D eigenvalue weighted by Gasteiger charge is -2.12. The Kier molecular flexibility index (Phi) is 7.91. The minimum Gasteiger partial charge on any atom is -0.380 e. The van der Waals surface area contributed by atoms with Gasteiger partial charge in [-0.05, 0) is 26.0 Å². The molecule has 24 heavy (non-hydrogen) atoms. The summed E-state index contributed by atoms with van der Waals surface area (Å²) in [6, 6.07) is 9.94. The number of amides is 1. The van der Waals surface area contributed by atoms with Gasteiger partial charge in [0.1, 0.15) is 0 Å². The van der Waals surface area contributed by atoms with Crippen LogP contribution in [0.15, 0.2) is 30.3 Å². The second-order valence-corrected chi connectivity index (χ2v) is 5.47. The number of methoxy groups -OCH3 is 1. The van der Waals surface area contributed by atoms with Crippen molar-refractivity contribution >= 4 is 18.3 Å². The zero-order chi connectivity index (χ0) is 16.8. The van der Waals surface area contributed by atoms with Crippen molar-refractivity contribution in [2.24, 2.45) is 5.73 Å². The number of aromatic nitrogens is 2. The smallest absolute Gasteiger partial charge is 0.222 e. The topological polar surface area (TPSA) is 82.2 Å². The third-order valence-electron chi connectivity index (χ3n) is 3.91. The molecule has 0 fully saturated rings. The molecular weight excluding hydrogens is 328 g/mol. The van der Waals surface area contributed by atoms with E-state index < -0.39 is 0 Å². The molecule has 132 valence electrons. The number of nitrogens with one attached hydrogen (secondary N) is 1. The average molecular weight is 353 g/mol. The normalized spacial score (nSPS) is 11.7. The Morgan fingerprint density at radius 3 is 2.58 bits per heavy atom. The average Bonchev–Trinajstić information content (AvgIpc) is 2.86. The molecule has 1 heterocycles. The fraction of sp³-hybridized carbons (Fsp3) is 0.412. The number of rotatable bonds is 7. The van der Waals surface area contributed by atoms with E-state index in [2.05, 4.69) is 10.4 Å². The van der Waals surface area contributed by atoms with Crippen molar-refractivity contribution in [3.8, 4) is 5.69 Å². The van der Waals surface area contributed by atoms with Crippen molar-refractivity contribution < 1.29 is 9.53 Å². The molecule has 1 atom stereocenters. The van der Waals surface area contributed by atoms with Crippen molar-refractivity contribution in [2.75, 3.05) is 13.7 Å². The van der Waals surface area contributed by atoms with Crippen LogP contribution in [0.1, 0.15) is 23.4 Å². The van der Waals surface area contributed by atoms with E-state index in [-0.39, 0.29) is 30.8 Å². The maximum absolute atomic E-state index is 12.0. The van der Waals surface area contributed by atoms with Gasteiger partial charge in [0.15, 0.2) is 0 Å². The quantitative estimate of drug-likeness (QED) is 0.797. The predicted octanol–water partition coefficient (Wildman–Crippen LogP) is 1.89. The summed E-state index contributed by atoms with van der Waals surface area (Å²) < 4.78 is 7.03. The molecule has 3 N–H and O–H groups in total. The third-order valence-corrected chi connectivity index (χ3v) is 3.91. The fourth-order valence-electron chi connectivity index (χ4n) is 2.48. The number of hydrogen-bond acceptors (Lipinski definition) is 4. The first-order valence-corrected chi connectivity index (χ1v) is 7.66. The van der Waals surface area contributed by atoms with Crippen molar-refractivity contribution in [2.45, 2.75) is 32.9 Å². The SMILES string of the molecule is COC(CN)CC(=O)NCc1c(C)nn(-c2ccccc2)c1C.Cl. The summed E-state index contributed by atoms with van der Waals surface area (Å²) >= 11 is 0. The lowest BCUT2D eigenvalue weighted by atomic mass is 10.2. The number of carbonyl (C=O) groups is 1. The molecule has 1 aromatic heterocycles. The molecule has 1 unspecified atom stereocenters. The number of para-hydroxylation sites is 1. The van der Waals surface area contributed by atoms with Gasteiger partial charge in [0.25, 0.3) is 0 Å². The number of nitrogens with two attached hydrogens (primary N) is 1. The van der Waals surface area contributed by atoms with Gasteiger partial charge in [-0.25, -0.2) is 4.68 Å². The van der Waals surface area contributed by atoms with Crippen LogP contribution in [-0.4, -0.2) is 35.4 Å². The minimum absolute atomic E-state index is 0. The number of ether oxygens (including phenoxy) is 1. The molecule has 0 aliphatic heterocycles. The summed E-state index contributed by atoms with van der Waals surface area (Å²) in [4.78, 5) is 12.0. The van der Waals surface area contributed by atoms with Gasteiger partial charge in [-0.3, -0.25) is 4.79 Å². The summed E-state index contributed by atoms with van der Waals surface area (Å²) in [7, 11) is 1.56. The van der Waals surface area contributed by atoms with Crippen LogP contribution in [-0.2, 0) is 16.1 Å². The van der Waals surface area contributed by atoms with Crippen molar-refractivity contribution in [1.29, 1.82) is 0 Å². The van der Waals surface area contributed by atoms with Crippen LogP contribution >= 0.6 is 12.4 Å². The van der Waals surface area contributed by atoms with Gasteiger partial charge in [-0.2, -0.15) is 5.10 Å². The number of carbonyl (C=O) groups excluding carboxylic acids is 1. The summed E-state index contributed by atoms with van der Waals surface area (Å²) in [5.41, 5.74) is 9.51. The Labute approximate surface area is 148 Å². The molecule has 0 aliphatic carbocycles. The summed E-state index contributed by atoms with van der Waals surface area (Å²) in [6.07, 6.45) is 0.0157. The molecular formula is C17H25ClN4O2. The van der Waals surface area contributed by atoms with E-state index >= 15 is 0 Å². The Hall–Kier alpha value is -1.89. The molecule has 7 heteroatoms. The summed E-state index contributed by atoms with van der Waals surface area (Å²) in [5.74, 6) is -0.0754. The molecule has 0 saturated carbocycles. The monoisotopic (exact) mass is 352 g/mol. The highest BCUT2D eigenvalue weighted by molar-refractivity contribution is 5.85. The number of nitrogens with zero attached hydrogens (tertiary/aromatic N) is 2. The van der Waals surface area contributed by atoms with E-state index in [4.69, 9.17) is 10.5 Å². The van der Waals surface area contributed by atoms with Crippen LogP contribution in [0.5, 0.6) is 0 Å². The molecule has 0 aliphatic rings. The second kappa shape index (κ2) is 9.42. The first-order valence-electron chi connectivity index (χ1n) is 7.66. The first-order chi connectivity index (χ1) is 11.1. The number of aryl methyl sites for hydroxylation is 1. The van der Waals surface area contributed by atoms with Crippen LogP contribution in [0.3, 0.4) is 0 Å². The van der Waals surface area contributed by atoms with Gasteiger partial charge in [-0.1, -0.05) is 18.2 Å². The Morgan fingerprint density at radius 1 is 1.33 bits per heavy atom. The first kappa shape index (κ1) is 20.2. The summed E-state index contributed by atoms with van der Waals surface area (Å²) in [5, 5.41) is 7.49. The highest BCUT2D eigenvalue weighted by Crippen LogP contribution is 2.17. The van der Waals surface area contributed by atoms with Crippen LogP contribution in [0.25, 0.3) is 5.69 Å². The van der Waals surface area contributed by atoms with E-state index in [1.54, 1.807) is 7.11 Å². The van der Waals surface area contributed by atoms with Crippen molar-refractivity contribution in [3.63, 3.8) is 0 Å². The van der Waals surface area contributed by atoms with E-state index in [0.29, 0.717) is 13.1 Å². The van der Waals surface area contributed by atoms with Gasteiger partial charge in [-0.15, -0.1) is 12.4 Å². The van der Waals surface area contributed by atoms with E-state index in [0.717, 1.165) is 22.6 Å². The molecule has 2 aromatic rings. The molecule has 2 rings (SSSR count). The lowest BCUT2D eigenvalue weighted by molar-refractivity contribution is -0.123. The number of halogens is 1. The van der Waals surface area contributed by atoms with Gasteiger partial charge < -0.3 is 15.8 Å². The Bertz CT molecular complexity index is 654. The molecule has 0 spiro atoms. The van der Waals surface area contributed by atoms with Gasteiger partial charge in [0.2, 0.25) is 5.91 Å². The summed E-state index contributed by atoms with van der Waals surface area (Å²) in [6.45, 7) is 4.73. The molecule has 0 radical (unpaired) electrons. The minimum atomic E-state index is -0.246. The van der Waals surface area contributed by atoms with Gasteiger partial charge in [0.05, 0.1) is 23.9 Å². The van der Waals surface area contributed by atoms with Crippen molar-refractivity contribution in [3.05, 3.63) is 47.3 Å². The van der Waals surface area contributed by atoms with E-state index in [9.17, 15) is 4.79 Å².